The van der Waals surface area contributed by atoms with Gasteiger partial charge in [-0.05, 0) is 33.1 Å². The maximum Gasteiger partial charge on any atom is 0.165 e. The fourth-order valence-electron chi connectivity index (χ4n) is 3.54. The molecule has 1 atom stereocenters. The van der Waals surface area contributed by atoms with Crippen LogP contribution in [0.3, 0.4) is 0 Å². The van der Waals surface area contributed by atoms with E-state index in [0.29, 0.717) is 17.9 Å². The van der Waals surface area contributed by atoms with Crippen molar-refractivity contribution < 1.29 is 5.11 Å². The van der Waals surface area contributed by atoms with E-state index >= 15 is 0 Å². The number of aryl methyl sites for hydroxylation is 1. The van der Waals surface area contributed by atoms with Crippen LogP contribution < -0.4 is 11.5 Å². The molecule has 1 saturated heterocycles. The average Bonchev–Trinajstić information content (AvgIpc) is 2.93. The van der Waals surface area contributed by atoms with Crippen molar-refractivity contribution in [3.05, 3.63) is 12.7 Å². The predicted molar refractivity (Wildman–Crippen MR) is 93.2 cm³/mol. The molecule has 8 heteroatoms. The molecule has 0 amide bonds. The first-order valence-corrected chi connectivity index (χ1v) is 8.49. The van der Waals surface area contributed by atoms with Crippen molar-refractivity contribution in [2.24, 2.45) is 5.73 Å². The molecule has 0 saturated carbocycles. The number of piperidine rings is 1. The molecular formula is C16H27N7O. The molecule has 2 aromatic rings. The molecule has 2 aromatic heterocycles. The lowest BCUT2D eigenvalue weighted by molar-refractivity contribution is -0.0329. The van der Waals surface area contributed by atoms with Crippen LogP contribution in [0.5, 0.6) is 0 Å². The fourth-order valence-corrected chi connectivity index (χ4v) is 3.54. The van der Waals surface area contributed by atoms with Crippen LogP contribution in [0, 0.1) is 0 Å². The number of nitrogens with two attached hydrogens (primary N) is 2. The second-order valence-electron chi connectivity index (χ2n) is 7.20. The van der Waals surface area contributed by atoms with Crippen LogP contribution in [0.1, 0.15) is 33.1 Å². The molecule has 3 rings (SSSR count). The van der Waals surface area contributed by atoms with E-state index in [1.807, 2.05) is 18.4 Å². The number of anilines is 1. The summed E-state index contributed by atoms with van der Waals surface area (Å²) >= 11 is 0. The highest BCUT2D eigenvalue weighted by Gasteiger charge is 2.33. The van der Waals surface area contributed by atoms with E-state index in [1.54, 1.807) is 6.33 Å². The SMILES string of the molecule is CC(C)(O)C(CCn1cnc2c(N)ncnc21)N1CCC(N)CC1. The summed E-state index contributed by atoms with van der Waals surface area (Å²) in [4.78, 5) is 14.9. The average molecular weight is 333 g/mol. The molecule has 1 unspecified atom stereocenters. The van der Waals surface area contributed by atoms with Crippen molar-refractivity contribution >= 4 is 17.0 Å². The maximum absolute atomic E-state index is 10.6. The molecule has 0 bridgehead atoms. The lowest BCUT2D eigenvalue weighted by atomic mass is 9.91. The van der Waals surface area contributed by atoms with E-state index in [1.165, 1.54) is 6.33 Å². The van der Waals surface area contributed by atoms with E-state index < -0.39 is 5.60 Å². The van der Waals surface area contributed by atoms with Crippen molar-refractivity contribution in [2.75, 3.05) is 18.8 Å². The number of hydrogen-bond donors (Lipinski definition) is 3. The van der Waals surface area contributed by atoms with E-state index in [9.17, 15) is 5.11 Å². The molecule has 0 spiro atoms. The van der Waals surface area contributed by atoms with E-state index in [4.69, 9.17) is 11.5 Å². The molecular weight excluding hydrogens is 306 g/mol. The molecule has 1 aliphatic heterocycles. The Hall–Kier alpha value is -1.77. The topological polar surface area (TPSA) is 119 Å². The van der Waals surface area contributed by atoms with Crippen LogP contribution in [-0.2, 0) is 6.54 Å². The Morgan fingerprint density at radius 2 is 2.00 bits per heavy atom. The number of aromatic nitrogens is 4. The standard InChI is InChI=1S/C16H27N7O/c1-16(2,24)12(22-6-3-11(17)4-7-22)5-8-23-10-21-13-14(18)19-9-20-15(13)23/h9-12,24H,3-8,17H2,1-2H3,(H2,18,19,20). The summed E-state index contributed by atoms with van der Waals surface area (Å²) in [5, 5.41) is 10.6. The van der Waals surface area contributed by atoms with Gasteiger partial charge in [0.05, 0.1) is 11.9 Å². The van der Waals surface area contributed by atoms with Gasteiger partial charge in [-0.25, -0.2) is 15.0 Å². The Labute approximate surface area is 141 Å². The zero-order valence-corrected chi connectivity index (χ0v) is 14.4. The molecule has 5 N–H and O–H groups in total. The highest BCUT2D eigenvalue weighted by atomic mass is 16.3. The lowest BCUT2D eigenvalue weighted by Gasteiger charge is -2.42. The smallest absolute Gasteiger partial charge is 0.165 e. The first kappa shape index (κ1) is 17.1. The lowest BCUT2D eigenvalue weighted by Crippen LogP contribution is -2.53. The van der Waals surface area contributed by atoms with Gasteiger partial charge in [0.25, 0.3) is 0 Å². The van der Waals surface area contributed by atoms with Crippen LogP contribution in [0.25, 0.3) is 11.2 Å². The van der Waals surface area contributed by atoms with Gasteiger partial charge in [-0.2, -0.15) is 0 Å². The summed E-state index contributed by atoms with van der Waals surface area (Å²) in [5.41, 5.74) is 12.4. The van der Waals surface area contributed by atoms with Crippen LogP contribution in [-0.4, -0.2) is 60.3 Å². The quantitative estimate of drug-likeness (QED) is 0.723. The number of imidazole rings is 1. The Kier molecular flexibility index (Phi) is 4.71. The number of nitrogen functional groups attached to an aromatic ring is 1. The molecule has 0 radical (unpaired) electrons. The molecule has 3 heterocycles. The van der Waals surface area contributed by atoms with Gasteiger partial charge in [0.1, 0.15) is 11.8 Å². The molecule has 0 aromatic carbocycles. The van der Waals surface area contributed by atoms with Gasteiger partial charge >= 0.3 is 0 Å². The van der Waals surface area contributed by atoms with Gasteiger partial charge in [-0.1, -0.05) is 0 Å². The fraction of sp³-hybridized carbons (Fsp3) is 0.688. The van der Waals surface area contributed by atoms with Gasteiger partial charge in [0.2, 0.25) is 0 Å². The third kappa shape index (κ3) is 3.50. The summed E-state index contributed by atoms with van der Waals surface area (Å²) in [6.45, 7) is 6.31. The minimum absolute atomic E-state index is 0.0571. The summed E-state index contributed by atoms with van der Waals surface area (Å²) < 4.78 is 1.97. The monoisotopic (exact) mass is 333 g/mol. The largest absolute Gasteiger partial charge is 0.389 e. The normalized spacial score (nSPS) is 19.0. The first-order chi connectivity index (χ1) is 11.4. The highest BCUT2D eigenvalue weighted by Crippen LogP contribution is 2.24. The number of likely N-dealkylation sites (tertiary alicyclic amines) is 1. The molecule has 1 fully saturated rings. The van der Waals surface area contributed by atoms with Crippen LogP contribution in [0.2, 0.25) is 0 Å². The van der Waals surface area contributed by atoms with Gasteiger partial charge in [0.15, 0.2) is 11.5 Å². The summed E-state index contributed by atoms with van der Waals surface area (Å²) in [6.07, 6.45) is 5.95. The Bertz CT molecular complexity index is 685. The number of rotatable bonds is 5. The van der Waals surface area contributed by atoms with Gasteiger partial charge in [0, 0.05) is 31.7 Å². The molecule has 132 valence electrons. The first-order valence-electron chi connectivity index (χ1n) is 8.49. The van der Waals surface area contributed by atoms with Gasteiger partial charge in [-0.15, -0.1) is 0 Å². The molecule has 0 aliphatic carbocycles. The van der Waals surface area contributed by atoms with E-state index in [0.717, 1.165) is 38.0 Å². The summed E-state index contributed by atoms with van der Waals surface area (Å²) in [7, 11) is 0. The number of nitrogens with zero attached hydrogens (tertiary/aromatic N) is 5. The molecule has 1 aliphatic rings. The predicted octanol–water partition coefficient (Wildman–Crippen LogP) is 0.361. The second-order valence-corrected chi connectivity index (χ2v) is 7.20. The van der Waals surface area contributed by atoms with Crippen LogP contribution in [0.15, 0.2) is 12.7 Å². The van der Waals surface area contributed by atoms with Crippen molar-refractivity contribution in [3.8, 4) is 0 Å². The van der Waals surface area contributed by atoms with Crippen molar-refractivity contribution in [1.29, 1.82) is 0 Å². The zero-order chi connectivity index (χ0) is 17.3. The molecule has 8 nitrogen and oxygen atoms in total. The van der Waals surface area contributed by atoms with Crippen LogP contribution >= 0.6 is 0 Å². The van der Waals surface area contributed by atoms with Crippen LogP contribution in [0.4, 0.5) is 5.82 Å². The van der Waals surface area contributed by atoms with E-state index in [-0.39, 0.29) is 12.1 Å². The van der Waals surface area contributed by atoms with Crippen molar-refractivity contribution in [3.63, 3.8) is 0 Å². The number of aliphatic hydroxyl groups is 1. The third-order valence-corrected chi connectivity index (χ3v) is 4.90. The Balaban J connectivity index is 1.74. The Morgan fingerprint density at radius 3 is 2.67 bits per heavy atom. The maximum atomic E-state index is 10.6. The number of hydrogen-bond acceptors (Lipinski definition) is 7. The van der Waals surface area contributed by atoms with Crippen molar-refractivity contribution in [1.82, 2.24) is 24.4 Å². The third-order valence-electron chi connectivity index (χ3n) is 4.90. The summed E-state index contributed by atoms with van der Waals surface area (Å²) in [6, 6.07) is 0.336. The number of fused-ring (bicyclic) bond motifs is 1. The zero-order valence-electron chi connectivity index (χ0n) is 14.4. The second kappa shape index (κ2) is 6.62. The Morgan fingerprint density at radius 1 is 1.29 bits per heavy atom. The highest BCUT2D eigenvalue weighted by molar-refractivity contribution is 5.81. The summed E-state index contributed by atoms with van der Waals surface area (Å²) in [5.74, 6) is 0.391. The van der Waals surface area contributed by atoms with Gasteiger partial charge in [-0.3, -0.25) is 4.90 Å². The molecule has 24 heavy (non-hydrogen) atoms. The van der Waals surface area contributed by atoms with E-state index in [2.05, 4.69) is 19.9 Å². The minimum atomic E-state index is -0.786. The minimum Gasteiger partial charge on any atom is -0.389 e. The van der Waals surface area contributed by atoms with Gasteiger partial charge < -0.3 is 21.1 Å². The van der Waals surface area contributed by atoms with Crippen molar-refractivity contribution in [2.45, 2.75) is 57.3 Å².